The van der Waals surface area contributed by atoms with Gasteiger partial charge in [0.1, 0.15) is 11.8 Å². The zero-order valence-electron chi connectivity index (χ0n) is 15.9. The third-order valence-corrected chi connectivity index (χ3v) is 5.03. The first kappa shape index (κ1) is 22.4. The molecule has 9 heteroatoms. The standard InChI is InChI=1S/C20H19Cl2N3O4/c1-24-7-3-5-12(19(24)28)6-4-8-25(2)20(29)14(11-23)17(26)13-9-15(21)18(27)16(22)10-13/h9-10,12,26-27H,3,5,7-8H2,1-2H3/b17-14-. The summed E-state index contributed by atoms with van der Waals surface area (Å²) in [4.78, 5) is 27.4. The first-order chi connectivity index (χ1) is 13.7. The highest BCUT2D eigenvalue weighted by Crippen LogP contribution is 2.35. The number of aliphatic hydroxyl groups excluding tert-OH is 1. The zero-order valence-corrected chi connectivity index (χ0v) is 17.4. The van der Waals surface area contributed by atoms with Gasteiger partial charge in [-0.05, 0) is 25.0 Å². The topological polar surface area (TPSA) is 105 Å². The number of aromatic hydroxyl groups is 1. The number of carbonyl (C=O) groups is 2. The lowest BCUT2D eigenvalue weighted by Crippen LogP contribution is -2.37. The Morgan fingerprint density at radius 2 is 2.00 bits per heavy atom. The molecule has 2 amide bonds. The number of likely N-dealkylation sites (N-methyl/N-ethyl adjacent to an activating group) is 1. The van der Waals surface area contributed by atoms with E-state index in [-0.39, 0.29) is 33.8 Å². The van der Waals surface area contributed by atoms with E-state index in [1.54, 1.807) is 18.0 Å². The lowest BCUT2D eigenvalue weighted by atomic mass is 9.98. The van der Waals surface area contributed by atoms with Gasteiger partial charge in [-0.2, -0.15) is 5.26 Å². The van der Waals surface area contributed by atoms with E-state index in [9.17, 15) is 25.1 Å². The van der Waals surface area contributed by atoms with Gasteiger partial charge in [0.25, 0.3) is 5.91 Å². The Balaban J connectivity index is 2.19. The second-order valence-electron chi connectivity index (χ2n) is 6.56. The van der Waals surface area contributed by atoms with Gasteiger partial charge in [0.2, 0.25) is 5.91 Å². The summed E-state index contributed by atoms with van der Waals surface area (Å²) in [7, 11) is 3.15. The second kappa shape index (κ2) is 9.56. The van der Waals surface area contributed by atoms with Crippen LogP contribution in [0.25, 0.3) is 5.76 Å². The maximum Gasteiger partial charge on any atom is 0.268 e. The number of amides is 2. The maximum atomic E-state index is 12.6. The Morgan fingerprint density at radius 3 is 2.59 bits per heavy atom. The van der Waals surface area contributed by atoms with Gasteiger partial charge < -0.3 is 20.0 Å². The van der Waals surface area contributed by atoms with E-state index >= 15 is 0 Å². The van der Waals surface area contributed by atoms with Crippen LogP contribution < -0.4 is 0 Å². The van der Waals surface area contributed by atoms with E-state index in [1.165, 1.54) is 19.2 Å². The molecule has 0 saturated carbocycles. The minimum atomic E-state index is -0.758. The molecule has 1 unspecified atom stereocenters. The van der Waals surface area contributed by atoms with E-state index in [0.717, 1.165) is 11.3 Å². The number of nitrogens with zero attached hydrogens (tertiary/aromatic N) is 3. The average Bonchev–Trinajstić information content (AvgIpc) is 2.69. The summed E-state index contributed by atoms with van der Waals surface area (Å²) in [5.41, 5.74) is -0.515. The van der Waals surface area contributed by atoms with Crippen molar-refractivity contribution in [3.05, 3.63) is 33.3 Å². The molecule has 1 atom stereocenters. The Kier molecular flexibility index (Phi) is 7.39. The minimum absolute atomic E-state index is 0.0121. The summed E-state index contributed by atoms with van der Waals surface area (Å²) in [5, 5.41) is 29.0. The highest BCUT2D eigenvalue weighted by molar-refractivity contribution is 6.37. The molecule has 1 aliphatic heterocycles. The quantitative estimate of drug-likeness (QED) is 0.328. The normalized spacial score (nSPS) is 17.0. The van der Waals surface area contributed by atoms with Gasteiger partial charge in [0.05, 0.1) is 22.5 Å². The summed E-state index contributed by atoms with van der Waals surface area (Å²) in [6.07, 6.45) is 1.53. The molecule has 2 rings (SSSR count). The molecule has 2 N–H and O–H groups in total. The van der Waals surface area contributed by atoms with Crippen LogP contribution in [0, 0.1) is 29.1 Å². The van der Waals surface area contributed by atoms with Crippen LogP contribution in [0.15, 0.2) is 17.7 Å². The van der Waals surface area contributed by atoms with Gasteiger partial charge in [-0.3, -0.25) is 9.59 Å². The molecular formula is C20H19Cl2N3O4. The van der Waals surface area contributed by atoms with Crippen LogP contribution in [0.2, 0.25) is 10.0 Å². The minimum Gasteiger partial charge on any atom is -0.506 e. The number of piperidine rings is 1. The Morgan fingerprint density at radius 1 is 1.38 bits per heavy atom. The largest absolute Gasteiger partial charge is 0.506 e. The van der Waals surface area contributed by atoms with Gasteiger partial charge in [0.15, 0.2) is 11.3 Å². The van der Waals surface area contributed by atoms with Gasteiger partial charge >= 0.3 is 0 Å². The summed E-state index contributed by atoms with van der Waals surface area (Å²) < 4.78 is 0. The zero-order chi connectivity index (χ0) is 21.7. The summed E-state index contributed by atoms with van der Waals surface area (Å²) >= 11 is 11.6. The van der Waals surface area contributed by atoms with Crippen molar-refractivity contribution in [2.75, 3.05) is 27.2 Å². The van der Waals surface area contributed by atoms with Crippen molar-refractivity contribution in [1.82, 2.24) is 9.80 Å². The maximum absolute atomic E-state index is 12.6. The number of carbonyl (C=O) groups excluding carboxylic acids is 2. The van der Waals surface area contributed by atoms with Crippen molar-refractivity contribution in [3.8, 4) is 23.7 Å². The average molecular weight is 436 g/mol. The first-order valence-electron chi connectivity index (χ1n) is 8.67. The van der Waals surface area contributed by atoms with Crippen molar-refractivity contribution >= 4 is 40.8 Å². The lowest BCUT2D eigenvalue weighted by Gasteiger charge is -2.26. The predicted octanol–water partition coefficient (Wildman–Crippen LogP) is 2.82. The van der Waals surface area contributed by atoms with E-state index < -0.39 is 23.2 Å². The van der Waals surface area contributed by atoms with Gasteiger partial charge in [-0.1, -0.05) is 35.0 Å². The van der Waals surface area contributed by atoms with Crippen LogP contribution in [0.1, 0.15) is 18.4 Å². The molecule has 1 saturated heterocycles. The number of nitriles is 1. The van der Waals surface area contributed by atoms with E-state index in [2.05, 4.69) is 11.8 Å². The molecule has 0 spiro atoms. The number of aliphatic hydroxyl groups is 1. The van der Waals surface area contributed by atoms with Crippen LogP contribution in [-0.4, -0.2) is 59.0 Å². The molecule has 1 aromatic rings. The number of phenols is 1. The molecule has 0 aliphatic carbocycles. The Hall–Kier alpha value is -2.87. The number of rotatable bonds is 3. The highest BCUT2D eigenvalue weighted by atomic mass is 35.5. The number of phenolic OH excluding ortho intramolecular Hbond substituents is 1. The van der Waals surface area contributed by atoms with Crippen molar-refractivity contribution in [1.29, 1.82) is 5.26 Å². The van der Waals surface area contributed by atoms with Crippen LogP contribution in [0.3, 0.4) is 0 Å². The molecular weight excluding hydrogens is 417 g/mol. The smallest absolute Gasteiger partial charge is 0.268 e. The summed E-state index contributed by atoms with van der Waals surface area (Å²) in [6.45, 7) is 0.679. The molecule has 0 aromatic heterocycles. The molecule has 1 heterocycles. The monoisotopic (exact) mass is 435 g/mol. The molecule has 29 heavy (non-hydrogen) atoms. The molecule has 1 fully saturated rings. The summed E-state index contributed by atoms with van der Waals surface area (Å²) in [6, 6.07) is 4.04. The first-order valence-corrected chi connectivity index (χ1v) is 9.43. The molecule has 1 aromatic carbocycles. The summed E-state index contributed by atoms with van der Waals surface area (Å²) in [5.74, 6) is 3.46. The predicted molar refractivity (Wildman–Crippen MR) is 109 cm³/mol. The molecule has 0 radical (unpaired) electrons. The number of halogens is 2. The molecule has 1 aliphatic rings. The fourth-order valence-electron chi connectivity index (χ4n) is 2.76. The molecule has 7 nitrogen and oxygen atoms in total. The van der Waals surface area contributed by atoms with Crippen LogP contribution in [-0.2, 0) is 9.59 Å². The van der Waals surface area contributed by atoms with Crippen molar-refractivity contribution in [2.45, 2.75) is 12.8 Å². The van der Waals surface area contributed by atoms with E-state index in [0.29, 0.717) is 13.0 Å². The van der Waals surface area contributed by atoms with Crippen LogP contribution in [0.5, 0.6) is 5.75 Å². The highest BCUT2D eigenvalue weighted by Gasteiger charge is 2.25. The fourth-order valence-corrected chi connectivity index (χ4v) is 3.25. The van der Waals surface area contributed by atoms with Crippen molar-refractivity contribution in [3.63, 3.8) is 0 Å². The fraction of sp³-hybridized carbons (Fsp3) is 0.350. The van der Waals surface area contributed by atoms with Gasteiger partial charge in [-0.25, -0.2) is 0 Å². The van der Waals surface area contributed by atoms with E-state index in [1.807, 2.05) is 0 Å². The second-order valence-corrected chi connectivity index (χ2v) is 7.38. The molecule has 152 valence electrons. The van der Waals surface area contributed by atoms with Crippen molar-refractivity contribution in [2.24, 2.45) is 5.92 Å². The van der Waals surface area contributed by atoms with Gasteiger partial charge in [0, 0.05) is 26.2 Å². The van der Waals surface area contributed by atoms with Gasteiger partial charge in [-0.15, -0.1) is 0 Å². The van der Waals surface area contributed by atoms with Crippen molar-refractivity contribution < 1.29 is 19.8 Å². The third kappa shape index (κ3) is 5.14. The van der Waals surface area contributed by atoms with E-state index in [4.69, 9.17) is 23.2 Å². The third-order valence-electron chi connectivity index (χ3n) is 4.45. The molecule has 0 bridgehead atoms. The Bertz CT molecular complexity index is 949. The number of benzene rings is 1. The SMILES string of the molecule is CN(CC#CC1CCCN(C)C1=O)C(=O)/C(C#N)=C(\O)c1cc(Cl)c(O)c(Cl)c1. The number of hydrogen-bond acceptors (Lipinski definition) is 5. The van der Waals surface area contributed by atoms with Crippen LogP contribution in [0.4, 0.5) is 0 Å². The number of hydrogen-bond donors (Lipinski definition) is 2. The lowest BCUT2D eigenvalue weighted by molar-refractivity contribution is -0.134. The van der Waals surface area contributed by atoms with Crippen LogP contribution >= 0.6 is 23.2 Å². The Labute approximate surface area is 178 Å². The number of likely N-dealkylation sites (tertiary alicyclic amines) is 1.